The minimum absolute atomic E-state index is 0.0579. The van der Waals surface area contributed by atoms with Crippen molar-refractivity contribution in [2.24, 2.45) is 0 Å². The molecule has 1 fully saturated rings. The van der Waals surface area contributed by atoms with Crippen molar-refractivity contribution in [1.82, 2.24) is 4.90 Å². The van der Waals surface area contributed by atoms with Gasteiger partial charge in [0.1, 0.15) is 5.37 Å². The standard InChI is InChI=1S/C16H29NO5S/c1-4-21-16(22-5-2)15-17(13(18)12-23-15)11-9-7-6-8-10-14(19)20-3/h15-16H,4-12H2,1-3H3. The Hall–Kier alpha value is -0.790. The number of ether oxygens (including phenoxy) is 3. The van der Waals surface area contributed by atoms with E-state index in [0.29, 0.717) is 31.9 Å². The van der Waals surface area contributed by atoms with E-state index in [2.05, 4.69) is 4.74 Å². The number of carbonyl (C=O) groups excluding carboxylic acids is 2. The Morgan fingerprint density at radius 2 is 1.87 bits per heavy atom. The van der Waals surface area contributed by atoms with Crippen LogP contribution in [-0.2, 0) is 23.8 Å². The second-order valence-corrected chi connectivity index (χ2v) is 6.41. The van der Waals surface area contributed by atoms with Crippen LogP contribution in [0.2, 0.25) is 0 Å². The Labute approximate surface area is 143 Å². The Bertz CT molecular complexity index is 360. The molecule has 0 saturated carbocycles. The normalized spacial score (nSPS) is 18.0. The van der Waals surface area contributed by atoms with Crippen LogP contribution in [0.15, 0.2) is 0 Å². The number of esters is 1. The lowest BCUT2D eigenvalue weighted by atomic mass is 10.1. The Morgan fingerprint density at radius 3 is 2.48 bits per heavy atom. The van der Waals surface area contributed by atoms with Gasteiger partial charge in [0.2, 0.25) is 5.91 Å². The molecule has 1 aliphatic rings. The SMILES string of the molecule is CCOC(OCC)C1SCC(=O)N1CCCCCCC(=O)OC. The average Bonchev–Trinajstić information content (AvgIpc) is 2.91. The van der Waals surface area contributed by atoms with Gasteiger partial charge in [0.15, 0.2) is 6.29 Å². The van der Waals surface area contributed by atoms with Crippen LogP contribution in [0.5, 0.6) is 0 Å². The van der Waals surface area contributed by atoms with Crippen molar-refractivity contribution in [3.05, 3.63) is 0 Å². The van der Waals surface area contributed by atoms with Crippen LogP contribution in [0.4, 0.5) is 0 Å². The van der Waals surface area contributed by atoms with Gasteiger partial charge in [0.05, 0.1) is 12.9 Å². The van der Waals surface area contributed by atoms with E-state index in [1.807, 2.05) is 18.7 Å². The smallest absolute Gasteiger partial charge is 0.305 e. The molecule has 1 atom stereocenters. The number of carbonyl (C=O) groups is 2. The van der Waals surface area contributed by atoms with Crippen molar-refractivity contribution in [2.45, 2.75) is 57.6 Å². The molecule has 6 nitrogen and oxygen atoms in total. The van der Waals surface area contributed by atoms with Crippen molar-refractivity contribution in [3.8, 4) is 0 Å². The molecule has 134 valence electrons. The topological polar surface area (TPSA) is 65.1 Å². The van der Waals surface area contributed by atoms with Crippen molar-refractivity contribution in [1.29, 1.82) is 0 Å². The molecule has 1 amide bonds. The summed E-state index contributed by atoms with van der Waals surface area (Å²) in [5, 5.41) is -0.0579. The second-order valence-electron chi connectivity index (χ2n) is 5.31. The minimum atomic E-state index is -0.360. The van der Waals surface area contributed by atoms with Gasteiger partial charge in [0, 0.05) is 26.2 Å². The summed E-state index contributed by atoms with van der Waals surface area (Å²) in [5.74, 6) is 0.482. The van der Waals surface area contributed by atoms with Crippen LogP contribution in [-0.4, -0.2) is 61.1 Å². The fraction of sp³-hybridized carbons (Fsp3) is 0.875. The van der Waals surface area contributed by atoms with Gasteiger partial charge in [-0.15, -0.1) is 11.8 Å². The number of rotatable bonds is 12. The van der Waals surface area contributed by atoms with Gasteiger partial charge in [0.25, 0.3) is 0 Å². The van der Waals surface area contributed by atoms with Gasteiger partial charge in [-0.1, -0.05) is 12.8 Å². The Balaban J connectivity index is 2.34. The highest BCUT2D eigenvalue weighted by atomic mass is 32.2. The largest absolute Gasteiger partial charge is 0.469 e. The lowest BCUT2D eigenvalue weighted by Gasteiger charge is -2.30. The lowest BCUT2D eigenvalue weighted by Crippen LogP contribution is -2.43. The maximum absolute atomic E-state index is 12.1. The molecule has 0 aromatic carbocycles. The van der Waals surface area contributed by atoms with E-state index in [1.54, 1.807) is 11.8 Å². The van der Waals surface area contributed by atoms with E-state index in [0.717, 1.165) is 25.7 Å². The fourth-order valence-electron chi connectivity index (χ4n) is 2.50. The number of methoxy groups -OCH3 is 1. The van der Waals surface area contributed by atoms with Gasteiger partial charge in [-0.3, -0.25) is 9.59 Å². The Kier molecular flexibility index (Phi) is 10.3. The van der Waals surface area contributed by atoms with E-state index in [4.69, 9.17) is 9.47 Å². The minimum Gasteiger partial charge on any atom is -0.469 e. The predicted molar refractivity (Wildman–Crippen MR) is 90.1 cm³/mol. The monoisotopic (exact) mass is 347 g/mol. The van der Waals surface area contributed by atoms with Crippen molar-refractivity contribution in [3.63, 3.8) is 0 Å². The number of amides is 1. The first-order valence-electron chi connectivity index (χ1n) is 8.35. The summed E-state index contributed by atoms with van der Waals surface area (Å²) in [5.41, 5.74) is 0. The third-order valence-electron chi connectivity index (χ3n) is 3.66. The van der Waals surface area contributed by atoms with Crippen molar-refractivity contribution >= 4 is 23.6 Å². The summed E-state index contributed by atoms with van der Waals surface area (Å²) < 4.78 is 15.9. The van der Waals surface area contributed by atoms with Crippen LogP contribution >= 0.6 is 11.8 Å². The predicted octanol–water partition coefficient (Wildman–Crippen LogP) is 2.41. The summed E-state index contributed by atoms with van der Waals surface area (Å²) >= 11 is 1.59. The van der Waals surface area contributed by atoms with Gasteiger partial charge < -0.3 is 19.1 Å². The highest BCUT2D eigenvalue weighted by molar-refractivity contribution is 8.01. The van der Waals surface area contributed by atoms with Crippen LogP contribution in [0.1, 0.15) is 46.0 Å². The average molecular weight is 347 g/mol. The van der Waals surface area contributed by atoms with Crippen molar-refractivity contribution < 1.29 is 23.8 Å². The molecule has 7 heteroatoms. The van der Waals surface area contributed by atoms with Crippen molar-refractivity contribution in [2.75, 3.05) is 32.6 Å². The maximum Gasteiger partial charge on any atom is 0.305 e. The summed E-state index contributed by atoms with van der Waals surface area (Å²) in [6.07, 6.45) is 3.82. The summed E-state index contributed by atoms with van der Waals surface area (Å²) in [7, 11) is 1.41. The molecule has 0 aliphatic carbocycles. The molecule has 0 bridgehead atoms. The van der Waals surface area contributed by atoms with Crippen LogP contribution < -0.4 is 0 Å². The molecule has 0 aromatic rings. The van der Waals surface area contributed by atoms with E-state index in [9.17, 15) is 9.59 Å². The number of nitrogens with zero attached hydrogens (tertiary/aromatic N) is 1. The fourth-order valence-corrected chi connectivity index (χ4v) is 3.69. The summed E-state index contributed by atoms with van der Waals surface area (Å²) in [4.78, 5) is 25.0. The van der Waals surface area contributed by atoms with Gasteiger partial charge >= 0.3 is 5.97 Å². The molecular formula is C16H29NO5S. The van der Waals surface area contributed by atoms with Gasteiger partial charge in [-0.25, -0.2) is 0 Å². The first-order chi connectivity index (χ1) is 11.1. The van der Waals surface area contributed by atoms with E-state index < -0.39 is 0 Å². The quantitative estimate of drug-likeness (QED) is 0.307. The van der Waals surface area contributed by atoms with E-state index >= 15 is 0 Å². The van der Waals surface area contributed by atoms with E-state index in [1.165, 1.54) is 7.11 Å². The molecule has 1 heterocycles. The first kappa shape index (κ1) is 20.3. The first-order valence-corrected chi connectivity index (χ1v) is 9.40. The molecule has 0 spiro atoms. The molecule has 1 unspecified atom stereocenters. The van der Waals surface area contributed by atoms with E-state index in [-0.39, 0.29) is 23.5 Å². The number of hydrogen-bond donors (Lipinski definition) is 0. The zero-order chi connectivity index (χ0) is 17.1. The van der Waals surface area contributed by atoms with Crippen LogP contribution in [0.3, 0.4) is 0 Å². The molecule has 0 radical (unpaired) electrons. The maximum atomic E-state index is 12.1. The van der Waals surface area contributed by atoms with Gasteiger partial charge in [-0.2, -0.15) is 0 Å². The third-order valence-corrected chi connectivity index (χ3v) is 4.89. The highest BCUT2D eigenvalue weighted by Crippen LogP contribution is 2.30. The molecule has 1 saturated heterocycles. The zero-order valence-corrected chi connectivity index (χ0v) is 15.2. The molecule has 0 N–H and O–H groups in total. The van der Waals surface area contributed by atoms with Gasteiger partial charge in [-0.05, 0) is 26.7 Å². The Morgan fingerprint density at radius 1 is 1.22 bits per heavy atom. The molecule has 0 aromatic heterocycles. The molecule has 1 rings (SSSR count). The van der Waals surface area contributed by atoms with Crippen LogP contribution in [0.25, 0.3) is 0 Å². The molecule has 23 heavy (non-hydrogen) atoms. The second kappa shape index (κ2) is 11.7. The zero-order valence-electron chi connectivity index (χ0n) is 14.4. The van der Waals surface area contributed by atoms with Crippen LogP contribution in [0, 0.1) is 0 Å². The summed E-state index contributed by atoms with van der Waals surface area (Å²) in [6.45, 7) is 5.71. The molecule has 1 aliphatic heterocycles. The lowest BCUT2D eigenvalue weighted by molar-refractivity contribution is -0.161. The highest BCUT2D eigenvalue weighted by Gasteiger charge is 2.37. The third kappa shape index (κ3) is 7.10. The molecular weight excluding hydrogens is 318 g/mol. The number of hydrogen-bond acceptors (Lipinski definition) is 6. The summed E-state index contributed by atoms with van der Waals surface area (Å²) in [6, 6.07) is 0. The number of thioether (sulfide) groups is 1. The number of unbranched alkanes of at least 4 members (excludes halogenated alkanes) is 3.